The van der Waals surface area contributed by atoms with E-state index in [9.17, 15) is 4.79 Å². The van der Waals surface area contributed by atoms with Crippen LogP contribution in [0.3, 0.4) is 0 Å². The van der Waals surface area contributed by atoms with Gasteiger partial charge >= 0.3 is 0 Å². The fraction of sp³-hybridized carbons (Fsp3) is 0.471. The SMILES string of the molecule is O=C(CSc1nnc2n1CCN2c1ccccc1)N1CCCCC1. The molecule has 4 rings (SSSR count). The molecule has 0 N–H and O–H groups in total. The summed E-state index contributed by atoms with van der Waals surface area (Å²) in [5.74, 6) is 1.54. The first-order chi connectivity index (χ1) is 11.8. The monoisotopic (exact) mass is 343 g/mol. The van der Waals surface area contributed by atoms with E-state index in [2.05, 4.69) is 31.8 Å². The maximum atomic E-state index is 12.3. The Bertz CT molecular complexity index is 711. The summed E-state index contributed by atoms with van der Waals surface area (Å²) >= 11 is 1.50. The predicted molar refractivity (Wildman–Crippen MR) is 94.6 cm³/mol. The lowest BCUT2D eigenvalue weighted by Gasteiger charge is -2.26. The van der Waals surface area contributed by atoms with Gasteiger partial charge in [-0.25, -0.2) is 0 Å². The fourth-order valence-corrected chi connectivity index (χ4v) is 4.16. The third-order valence-corrected chi connectivity index (χ3v) is 5.54. The van der Waals surface area contributed by atoms with E-state index in [1.807, 2.05) is 23.1 Å². The molecular formula is C17H21N5OS. The zero-order valence-corrected chi connectivity index (χ0v) is 14.4. The van der Waals surface area contributed by atoms with Gasteiger partial charge in [0, 0.05) is 31.9 Å². The molecule has 1 fully saturated rings. The smallest absolute Gasteiger partial charge is 0.233 e. The molecule has 1 amide bonds. The number of para-hydroxylation sites is 1. The van der Waals surface area contributed by atoms with Crippen molar-refractivity contribution in [3.05, 3.63) is 30.3 Å². The lowest BCUT2D eigenvalue weighted by Crippen LogP contribution is -2.36. The van der Waals surface area contributed by atoms with Gasteiger partial charge in [-0.05, 0) is 31.4 Å². The Morgan fingerprint density at radius 3 is 2.58 bits per heavy atom. The fourth-order valence-electron chi connectivity index (χ4n) is 3.30. The van der Waals surface area contributed by atoms with Crippen LogP contribution >= 0.6 is 11.8 Å². The molecule has 1 aromatic heterocycles. The molecule has 3 heterocycles. The zero-order valence-electron chi connectivity index (χ0n) is 13.6. The van der Waals surface area contributed by atoms with Gasteiger partial charge in [0.1, 0.15) is 0 Å². The maximum Gasteiger partial charge on any atom is 0.233 e. The minimum atomic E-state index is 0.218. The minimum Gasteiger partial charge on any atom is -0.342 e. The second kappa shape index (κ2) is 6.84. The normalized spacial score (nSPS) is 17.2. The van der Waals surface area contributed by atoms with E-state index in [1.165, 1.54) is 18.2 Å². The quantitative estimate of drug-likeness (QED) is 0.799. The average Bonchev–Trinajstić information content (AvgIpc) is 3.23. The van der Waals surface area contributed by atoms with Crippen LogP contribution in [0.2, 0.25) is 0 Å². The van der Waals surface area contributed by atoms with Crippen LogP contribution in [-0.4, -0.2) is 51.0 Å². The Balaban J connectivity index is 1.42. The number of nitrogens with zero attached hydrogens (tertiary/aromatic N) is 5. The number of hydrogen-bond acceptors (Lipinski definition) is 5. The van der Waals surface area contributed by atoms with Gasteiger partial charge in [-0.2, -0.15) is 0 Å². The van der Waals surface area contributed by atoms with Crippen molar-refractivity contribution in [2.75, 3.05) is 30.3 Å². The molecule has 0 bridgehead atoms. The van der Waals surface area contributed by atoms with Crippen LogP contribution in [-0.2, 0) is 11.3 Å². The second-order valence-electron chi connectivity index (χ2n) is 6.15. The number of amides is 1. The standard InChI is InChI=1S/C17H21N5OS/c23-15(20-9-5-2-6-10-20)13-24-17-19-18-16-21(11-12-22(16)17)14-7-3-1-4-8-14/h1,3-4,7-8H,2,5-6,9-13H2. The number of thioether (sulfide) groups is 1. The number of aromatic nitrogens is 3. The van der Waals surface area contributed by atoms with Crippen molar-refractivity contribution >= 4 is 29.3 Å². The molecule has 126 valence electrons. The largest absolute Gasteiger partial charge is 0.342 e. The lowest BCUT2D eigenvalue weighted by atomic mass is 10.1. The number of likely N-dealkylation sites (tertiary alicyclic amines) is 1. The molecule has 0 saturated carbocycles. The van der Waals surface area contributed by atoms with E-state index in [0.29, 0.717) is 5.75 Å². The molecule has 0 atom stereocenters. The number of fused-ring (bicyclic) bond motifs is 1. The highest BCUT2D eigenvalue weighted by Crippen LogP contribution is 2.31. The molecule has 2 aromatic rings. The molecule has 0 aliphatic carbocycles. The van der Waals surface area contributed by atoms with Crippen molar-refractivity contribution in [1.82, 2.24) is 19.7 Å². The number of benzene rings is 1. The Labute approximate surface area is 145 Å². The van der Waals surface area contributed by atoms with Gasteiger partial charge < -0.3 is 9.80 Å². The Morgan fingerprint density at radius 2 is 1.79 bits per heavy atom. The van der Waals surface area contributed by atoms with Gasteiger partial charge in [-0.15, -0.1) is 10.2 Å². The van der Waals surface area contributed by atoms with Crippen LogP contribution in [0.25, 0.3) is 0 Å². The first kappa shape index (κ1) is 15.5. The van der Waals surface area contributed by atoms with Gasteiger partial charge in [0.25, 0.3) is 0 Å². The van der Waals surface area contributed by atoms with Gasteiger partial charge in [0.15, 0.2) is 5.16 Å². The minimum absolute atomic E-state index is 0.218. The number of piperidine rings is 1. The van der Waals surface area contributed by atoms with Crippen molar-refractivity contribution < 1.29 is 4.79 Å². The summed E-state index contributed by atoms with van der Waals surface area (Å²) in [6, 6.07) is 10.2. The van der Waals surface area contributed by atoms with Crippen LogP contribution in [0.4, 0.5) is 11.6 Å². The summed E-state index contributed by atoms with van der Waals surface area (Å²) in [6.07, 6.45) is 3.50. The van der Waals surface area contributed by atoms with Gasteiger partial charge in [-0.3, -0.25) is 9.36 Å². The molecule has 0 radical (unpaired) electrons. The van der Waals surface area contributed by atoms with E-state index in [0.717, 1.165) is 55.8 Å². The molecule has 2 aliphatic rings. The first-order valence-electron chi connectivity index (χ1n) is 8.49. The van der Waals surface area contributed by atoms with Gasteiger partial charge in [-0.1, -0.05) is 30.0 Å². The first-order valence-corrected chi connectivity index (χ1v) is 9.48. The number of carbonyl (C=O) groups excluding carboxylic acids is 1. The topological polar surface area (TPSA) is 54.3 Å². The third-order valence-electron chi connectivity index (χ3n) is 4.59. The molecule has 24 heavy (non-hydrogen) atoms. The lowest BCUT2D eigenvalue weighted by molar-refractivity contribution is -0.129. The van der Waals surface area contributed by atoms with Crippen molar-refractivity contribution in [3.8, 4) is 0 Å². The van der Waals surface area contributed by atoms with E-state index in [1.54, 1.807) is 0 Å². The molecule has 6 nitrogen and oxygen atoms in total. The Hall–Kier alpha value is -2.02. The molecule has 0 spiro atoms. The van der Waals surface area contributed by atoms with Crippen LogP contribution < -0.4 is 4.90 Å². The van der Waals surface area contributed by atoms with E-state index < -0.39 is 0 Å². The van der Waals surface area contributed by atoms with Crippen molar-refractivity contribution in [3.63, 3.8) is 0 Å². The number of carbonyl (C=O) groups is 1. The molecule has 1 aromatic carbocycles. The summed E-state index contributed by atoms with van der Waals surface area (Å²) in [7, 11) is 0. The summed E-state index contributed by atoms with van der Waals surface area (Å²) in [6.45, 7) is 3.55. The highest BCUT2D eigenvalue weighted by atomic mass is 32.2. The Morgan fingerprint density at radius 1 is 1.00 bits per heavy atom. The molecule has 2 aliphatic heterocycles. The predicted octanol–water partition coefficient (Wildman–Crippen LogP) is 2.53. The Kier molecular flexibility index (Phi) is 4.42. The zero-order chi connectivity index (χ0) is 16.4. The van der Waals surface area contributed by atoms with Gasteiger partial charge in [0.2, 0.25) is 11.9 Å². The van der Waals surface area contributed by atoms with Gasteiger partial charge in [0.05, 0.1) is 5.75 Å². The van der Waals surface area contributed by atoms with Crippen molar-refractivity contribution in [1.29, 1.82) is 0 Å². The summed E-state index contributed by atoms with van der Waals surface area (Å²) in [4.78, 5) is 16.5. The van der Waals surface area contributed by atoms with Crippen LogP contribution in [0.1, 0.15) is 19.3 Å². The second-order valence-corrected chi connectivity index (χ2v) is 7.09. The maximum absolute atomic E-state index is 12.3. The number of hydrogen-bond donors (Lipinski definition) is 0. The van der Waals surface area contributed by atoms with Crippen LogP contribution in [0, 0.1) is 0 Å². The highest BCUT2D eigenvalue weighted by Gasteiger charge is 2.26. The molecule has 0 unspecified atom stereocenters. The number of anilines is 2. The average molecular weight is 343 g/mol. The highest BCUT2D eigenvalue weighted by molar-refractivity contribution is 7.99. The summed E-state index contributed by atoms with van der Waals surface area (Å²) < 4.78 is 2.11. The van der Waals surface area contributed by atoms with Crippen LogP contribution in [0.5, 0.6) is 0 Å². The summed E-state index contributed by atoms with van der Waals surface area (Å²) in [5.41, 5.74) is 1.13. The van der Waals surface area contributed by atoms with E-state index in [4.69, 9.17) is 0 Å². The molecule has 7 heteroatoms. The van der Waals surface area contributed by atoms with Crippen molar-refractivity contribution in [2.45, 2.75) is 31.0 Å². The van der Waals surface area contributed by atoms with Crippen LogP contribution in [0.15, 0.2) is 35.5 Å². The third kappa shape index (κ3) is 3.00. The summed E-state index contributed by atoms with van der Waals surface area (Å²) in [5, 5.41) is 9.47. The van der Waals surface area contributed by atoms with E-state index >= 15 is 0 Å². The molecule has 1 saturated heterocycles. The molecular weight excluding hydrogens is 322 g/mol. The number of rotatable bonds is 4. The van der Waals surface area contributed by atoms with Crippen molar-refractivity contribution in [2.24, 2.45) is 0 Å². The van der Waals surface area contributed by atoms with E-state index in [-0.39, 0.29) is 5.91 Å².